The summed E-state index contributed by atoms with van der Waals surface area (Å²) in [6, 6.07) is 8.30. The molecular weight excluding hydrogens is 218 g/mol. The van der Waals surface area contributed by atoms with E-state index in [0.29, 0.717) is 5.11 Å². The van der Waals surface area contributed by atoms with Gasteiger partial charge in [0.25, 0.3) is 0 Å². The van der Waals surface area contributed by atoms with Crippen molar-refractivity contribution in [2.24, 2.45) is 5.10 Å². The van der Waals surface area contributed by atoms with Crippen LogP contribution < -0.4 is 10.7 Å². The molecule has 0 bridgehead atoms. The molecule has 16 heavy (non-hydrogen) atoms. The number of benzene rings is 1. The van der Waals surface area contributed by atoms with E-state index in [-0.39, 0.29) is 0 Å². The topological polar surface area (TPSA) is 36.4 Å². The van der Waals surface area contributed by atoms with E-state index in [1.54, 1.807) is 7.05 Å². The minimum Gasteiger partial charge on any atom is -0.364 e. The third-order valence-electron chi connectivity index (χ3n) is 2.24. The lowest BCUT2D eigenvalue weighted by Gasteiger charge is -2.06. The average molecular weight is 235 g/mol. The molecule has 0 aliphatic heterocycles. The lowest BCUT2D eigenvalue weighted by atomic mass is 10.1. The minimum atomic E-state index is 0.526. The standard InChI is InChI=1S/C12H17N3S/c1-4-11(14-15-12(16)13-3)10-7-5-9(2)6-8-10/h5-8H,4H2,1-3H3,(H2,13,15,16)/b14-11+. The largest absolute Gasteiger partial charge is 0.364 e. The van der Waals surface area contributed by atoms with Crippen molar-refractivity contribution in [2.45, 2.75) is 20.3 Å². The highest BCUT2D eigenvalue weighted by Crippen LogP contribution is 2.06. The van der Waals surface area contributed by atoms with E-state index >= 15 is 0 Å². The molecule has 2 N–H and O–H groups in total. The molecule has 0 amide bonds. The second-order valence-electron chi connectivity index (χ2n) is 3.47. The molecule has 0 fully saturated rings. The molecule has 0 radical (unpaired) electrons. The molecule has 0 aromatic heterocycles. The van der Waals surface area contributed by atoms with Gasteiger partial charge in [-0.05, 0) is 31.1 Å². The van der Waals surface area contributed by atoms with Crippen LogP contribution in [0.25, 0.3) is 0 Å². The van der Waals surface area contributed by atoms with Crippen LogP contribution in [0.2, 0.25) is 0 Å². The molecule has 1 aromatic rings. The normalized spacial score (nSPS) is 11.1. The maximum absolute atomic E-state index is 4.96. The Morgan fingerprint density at radius 3 is 2.44 bits per heavy atom. The molecule has 0 unspecified atom stereocenters. The average Bonchev–Trinajstić information content (AvgIpc) is 2.31. The molecule has 0 saturated heterocycles. The molecule has 86 valence electrons. The van der Waals surface area contributed by atoms with Crippen LogP contribution in [0.4, 0.5) is 0 Å². The molecular formula is C12H17N3S. The summed E-state index contributed by atoms with van der Waals surface area (Å²) in [5.41, 5.74) is 6.18. The first kappa shape index (κ1) is 12.6. The smallest absolute Gasteiger partial charge is 0.186 e. The monoisotopic (exact) mass is 235 g/mol. The molecule has 3 nitrogen and oxygen atoms in total. The Balaban J connectivity index is 2.81. The zero-order valence-corrected chi connectivity index (χ0v) is 10.7. The SMILES string of the molecule is CC/C(=N\NC(=S)NC)c1ccc(C)cc1. The number of rotatable bonds is 3. The fourth-order valence-electron chi connectivity index (χ4n) is 1.27. The number of aryl methyl sites for hydroxylation is 1. The van der Waals surface area contributed by atoms with E-state index in [0.717, 1.165) is 17.7 Å². The zero-order valence-electron chi connectivity index (χ0n) is 9.87. The Morgan fingerprint density at radius 2 is 1.94 bits per heavy atom. The Bertz CT molecular complexity index is 382. The van der Waals surface area contributed by atoms with Crippen molar-refractivity contribution in [2.75, 3.05) is 7.05 Å². The van der Waals surface area contributed by atoms with Gasteiger partial charge in [-0.25, -0.2) is 0 Å². The van der Waals surface area contributed by atoms with Gasteiger partial charge >= 0.3 is 0 Å². The van der Waals surface area contributed by atoms with Crippen molar-refractivity contribution < 1.29 is 0 Å². The fraction of sp³-hybridized carbons (Fsp3) is 0.333. The minimum absolute atomic E-state index is 0.526. The van der Waals surface area contributed by atoms with E-state index < -0.39 is 0 Å². The van der Waals surface area contributed by atoms with Gasteiger partial charge in [0, 0.05) is 7.05 Å². The highest BCUT2D eigenvalue weighted by Gasteiger charge is 2.00. The molecule has 0 aliphatic carbocycles. The second-order valence-corrected chi connectivity index (χ2v) is 3.88. The Morgan fingerprint density at radius 1 is 1.31 bits per heavy atom. The summed E-state index contributed by atoms with van der Waals surface area (Å²) in [6.45, 7) is 4.14. The maximum atomic E-state index is 4.96. The van der Waals surface area contributed by atoms with Crippen LogP contribution in [-0.4, -0.2) is 17.9 Å². The summed E-state index contributed by atoms with van der Waals surface area (Å²) in [5, 5.41) is 7.62. The fourth-order valence-corrected chi connectivity index (χ4v) is 1.31. The Hall–Kier alpha value is -1.42. The number of hydrogen-bond donors (Lipinski definition) is 2. The van der Waals surface area contributed by atoms with Crippen LogP contribution in [0.3, 0.4) is 0 Å². The van der Waals surface area contributed by atoms with E-state index in [2.05, 4.69) is 54.0 Å². The summed E-state index contributed by atoms with van der Waals surface area (Å²) in [6.07, 6.45) is 0.863. The van der Waals surface area contributed by atoms with Crippen molar-refractivity contribution in [3.05, 3.63) is 35.4 Å². The highest BCUT2D eigenvalue weighted by atomic mass is 32.1. The van der Waals surface area contributed by atoms with Crippen LogP contribution in [-0.2, 0) is 0 Å². The predicted octanol–water partition coefficient (Wildman–Crippen LogP) is 2.20. The van der Waals surface area contributed by atoms with Gasteiger partial charge in [-0.1, -0.05) is 36.8 Å². The van der Waals surface area contributed by atoms with Crippen LogP contribution in [0.15, 0.2) is 29.4 Å². The number of thiocarbonyl (C=S) groups is 1. The van der Waals surface area contributed by atoms with Gasteiger partial charge in [0.2, 0.25) is 0 Å². The van der Waals surface area contributed by atoms with Gasteiger partial charge in [-0.15, -0.1) is 0 Å². The van der Waals surface area contributed by atoms with Crippen molar-refractivity contribution in [1.82, 2.24) is 10.7 Å². The lowest BCUT2D eigenvalue weighted by molar-refractivity contribution is 0.965. The number of nitrogens with zero attached hydrogens (tertiary/aromatic N) is 1. The summed E-state index contributed by atoms with van der Waals surface area (Å²) in [7, 11) is 1.77. The third kappa shape index (κ3) is 3.62. The quantitative estimate of drug-likeness (QED) is 0.479. The molecule has 0 spiro atoms. The van der Waals surface area contributed by atoms with E-state index in [4.69, 9.17) is 12.2 Å². The molecule has 0 aliphatic rings. The first-order valence-corrected chi connectivity index (χ1v) is 5.69. The molecule has 4 heteroatoms. The van der Waals surface area contributed by atoms with Gasteiger partial charge in [0.15, 0.2) is 5.11 Å². The first-order chi connectivity index (χ1) is 7.67. The van der Waals surface area contributed by atoms with E-state index in [9.17, 15) is 0 Å². The summed E-state index contributed by atoms with van der Waals surface area (Å²) >= 11 is 4.96. The van der Waals surface area contributed by atoms with Crippen molar-refractivity contribution in [3.8, 4) is 0 Å². The highest BCUT2D eigenvalue weighted by molar-refractivity contribution is 7.80. The Kier molecular flexibility index (Phi) is 4.92. The predicted molar refractivity (Wildman–Crippen MR) is 72.8 cm³/mol. The molecule has 0 heterocycles. The maximum Gasteiger partial charge on any atom is 0.186 e. The molecule has 1 aromatic carbocycles. The van der Waals surface area contributed by atoms with Gasteiger partial charge in [0.1, 0.15) is 0 Å². The molecule has 0 saturated carbocycles. The van der Waals surface area contributed by atoms with Gasteiger partial charge in [-0.2, -0.15) is 5.10 Å². The van der Waals surface area contributed by atoms with Crippen LogP contribution in [0.5, 0.6) is 0 Å². The van der Waals surface area contributed by atoms with Crippen LogP contribution in [0, 0.1) is 6.92 Å². The number of hydrazone groups is 1. The summed E-state index contributed by atoms with van der Waals surface area (Å²) in [4.78, 5) is 0. The van der Waals surface area contributed by atoms with Crippen molar-refractivity contribution in [1.29, 1.82) is 0 Å². The molecule has 0 atom stereocenters. The second kappa shape index (κ2) is 6.23. The van der Waals surface area contributed by atoms with Crippen LogP contribution in [0.1, 0.15) is 24.5 Å². The van der Waals surface area contributed by atoms with Crippen molar-refractivity contribution >= 4 is 23.0 Å². The van der Waals surface area contributed by atoms with Gasteiger partial charge in [0.05, 0.1) is 5.71 Å². The van der Waals surface area contributed by atoms with Gasteiger partial charge < -0.3 is 5.32 Å². The first-order valence-electron chi connectivity index (χ1n) is 5.28. The summed E-state index contributed by atoms with van der Waals surface area (Å²) in [5.74, 6) is 0. The third-order valence-corrected chi connectivity index (χ3v) is 2.53. The number of nitrogens with one attached hydrogen (secondary N) is 2. The van der Waals surface area contributed by atoms with Crippen LogP contribution >= 0.6 is 12.2 Å². The van der Waals surface area contributed by atoms with E-state index in [1.165, 1.54) is 5.56 Å². The van der Waals surface area contributed by atoms with E-state index in [1.807, 2.05) is 0 Å². The zero-order chi connectivity index (χ0) is 12.0. The number of hydrogen-bond acceptors (Lipinski definition) is 2. The molecule has 1 rings (SSSR count). The van der Waals surface area contributed by atoms with Gasteiger partial charge in [-0.3, -0.25) is 5.43 Å². The Labute approximate surface area is 102 Å². The van der Waals surface area contributed by atoms with Crippen molar-refractivity contribution in [3.63, 3.8) is 0 Å². The lowest BCUT2D eigenvalue weighted by Crippen LogP contribution is -2.29. The summed E-state index contributed by atoms with van der Waals surface area (Å²) < 4.78 is 0.